The second kappa shape index (κ2) is 13.9. The number of esters is 2. The van der Waals surface area contributed by atoms with Crippen LogP contribution in [0.1, 0.15) is 65.8 Å². The lowest BCUT2D eigenvalue weighted by molar-refractivity contribution is -0.148. The average Bonchev–Trinajstić information content (AvgIpc) is 3.37. The Labute approximate surface area is 233 Å². The zero-order chi connectivity index (χ0) is 28.4. The van der Waals surface area contributed by atoms with Crippen molar-refractivity contribution in [3.05, 3.63) is 87.9 Å². The number of hydrogen-bond acceptors (Lipinski definition) is 8. The van der Waals surface area contributed by atoms with E-state index in [1.165, 1.54) is 31.6 Å². The van der Waals surface area contributed by atoms with Gasteiger partial charge in [0.05, 0.1) is 24.4 Å². The summed E-state index contributed by atoms with van der Waals surface area (Å²) in [5.41, 5.74) is 1.34. The van der Waals surface area contributed by atoms with Crippen molar-refractivity contribution < 1.29 is 28.6 Å². The number of carbonyl (C=O) groups is 3. The van der Waals surface area contributed by atoms with E-state index in [-0.39, 0.29) is 5.92 Å². The van der Waals surface area contributed by atoms with E-state index in [9.17, 15) is 14.4 Å². The van der Waals surface area contributed by atoms with Crippen LogP contribution in [0, 0.1) is 0 Å². The zero-order valence-electron chi connectivity index (χ0n) is 23.0. The van der Waals surface area contributed by atoms with Gasteiger partial charge in [-0.3, -0.25) is 4.79 Å². The lowest BCUT2D eigenvalue weighted by Gasteiger charge is -2.31. The Hall–Kier alpha value is -3.72. The van der Waals surface area contributed by atoms with Gasteiger partial charge in [0.25, 0.3) is 0 Å². The molecule has 3 atom stereocenters. The van der Waals surface area contributed by atoms with E-state index in [4.69, 9.17) is 14.2 Å². The highest BCUT2D eigenvalue weighted by Crippen LogP contribution is 2.32. The molecule has 3 aromatic rings. The standard InChI is InChI=1S/C30H36N2O6S/c1-20(33)37-25(24(17-22-14-10-7-11-15-22)32-29(35)38-30(2,3)4)18-23(16-21-12-8-6-9-13-21)27-31-19-26(39-27)28(34)36-5/h6-15,19,23-25H,16-18H2,1-5H3,(H,32,35)/t23?,24-,25-/m0/s1. The molecule has 0 aliphatic heterocycles. The van der Waals surface area contributed by atoms with Crippen molar-refractivity contribution >= 4 is 29.4 Å². The fourth-order valence-electron chi connectivity index (χ4n) is 4.23. The number of benzene rings is 2. The highest BCUT2D eigenvalue weighted by atomic mass is 32.1. The molecule has 9 heteroatoms. The second-order valence-corrected chi connectivity index (χ2v) is 11.3. The fraction of sp³-hybridized carbons (Fsp3) is 0.400. The Morgan fingerprint density at radius 1 is 0.949 bits per heavy atom. The van der Waals surface area contributed by atoms with E-state index in [0.29, 0.717) is 29.1 Å². The third-order valence-corrected chi connectivity index (χ3v) is 7.01. The molecule has 3 rings (SSSR count). The number of hydrogen-bond donors (Lipinski definition) is 1. The molecule has 2 aromatic carbocycles. The lowest BCUT2D eigenvalue weighted by atomic mass is 9.89. The molecule has 1 heterocycles. The van der Waals surface area contributed by atoms with Gasteiger partial charge in [0.2, 0.25) is 0 Å². The maximum Gasteiger partial charge on any atom is 0.408 e. The normalized spacial score (nSPS) is 13.6. The predicted octanol–water partition coefficient (Wildman–Crippen LogP) is 5.71. The molecule has 0 bridgehead atoms. The van der Waals surface area contributed by atoms with E-state index in [2.05, 4.69) is 10.3 Å². The van der Waals surface area contributed by atoms with Gasteiger partial charge in [0.15, 0.2) is 0 Å². The van der Waals surface area contributed by atoms with Crippen LogP contribution < -0.4 is 5.32 Å². The summed E-state index contributed by atoms with van der Waals surface area (Å²) in [4.78, 5) is 42.2. The molecule has 8 nitrogen and oxygen atoms in total. The fourth-order valence-corrected chi connectivity index (χ4v) is 5.18. The maximum absolute atomic E-state index is 12.9. The summed E-state index contributed by atoms with van der Waals surface area (Å²) in [5, 5.41) is 3.67. The van der Waals surface area contributed by atoms with Crippen LogP contribution in [0.2, 0.25) is 0 Å². The van der Waals surface area contributed by atoms with Gasteiger partial charge < -0.3 is 19.5 Å². The molecule has 39 heavy (non-hydrogen) atoms. The molecule has 208 valence electrons. The molecule has 1 unspecified atom stereocenters. The zero-order valence-corrected chi connectivity index (χ0v) is 23.8. The predicted molar refractivity (Wildman–Crippen MR) is 150 cm³/mol. The molecule has 0 aliphatic carbocycles. The van der Waals surface area contributed by atoms with Gasteiger partial charge in [-0.1, -0.05) is 60.7 Å². The van der Waals surface area contributed by atoms with Crippen molar-refractivity contribution in [2.75, 3.05) is 7.11 Å². The van der Waals surface area contributed by atoms with Gasteiger partial charge in [0, 0.05) is 12.8 Å². The van der Waals surface area contributed by atoms with Gasteiger partial charge >= 0.3 is 18.0 Å². The minimum absolute atomic E-state index is 0.209. The number of alkyl carbamates (subject to hydrolysis) is 1. The summed E-state index contributed by atoms with van der Waals surface area (Å²) < 4.78 is 16.3. The van der Waals surface area contributed by atoms with Crippen LogP contribution in [-0.2, 0) is 31.8 Å². The Bertz CT molecular complexity index is 1220. The number of aromatic nitrogens is 1. The van der Waals surface area contributed by atoms with Gasteiger partial charge in [-0.2, -0.15) is 0 Å². The maximum atomic E-state index is 12.9. The quantitative estimate of drug-likeness (QED) is 0.240. The molecular formula is C30H36N2O6S. The van der Waals surface area contributed by atoms with Gasteiger partial charge in [-0.05, 0) is 51.2 Å². The first-order valence-electron chi connectivity index (χ1n) is 12.8. The van der Waals surface area contributed by atoms with Crippen molar-refractivity contribution in [1.82, 2.24) is 10.3 Å². The molecule has 0 aliphatic rings. The minimum Gasteiger partial charge on any atom is -0.465 e. The highest BCUT2D eigenvalue weighted by molar-refractivity contribution is 7.13. The number of amides is 1. The van der Waals surface area contributed by atoms with E-state index < -0.39 is 35.8 Å². The van der Waals surface area contributed by atoms with Crippen LogP contribution in [0.4, 0.5) is 4.79 Å². The summed E-state index contributed by atoms with van der Waals surface area (Å²) in [6, 6.07) is 19.0. The average molecular weight is 553 g/mol. The molecule has 0 saturated carbocycles. The highest BCUT2D eigenvalue weighted by Gasteiger charge is 2.32. The number of carbonyl (C=O) groups excluding carboxylic acids is 3. The SMILES string of the molecule is COC(=O)c1cnc(C(Cc2ccccc2)C[C@H](OC(C)=O)[C@H](Cc2ccccc2)NC(=O)OC(C)(C)C)s1. The summed E-state index contributed by atoms with van der Waals surface area (Å²) >= 11 is 1.25. The van der Waals surface area contributed by atoms with E-state index in [1.807, 2.05) is 60.7 Å². The molecule has 1 aromatic heterocycles. The number of ether oxygens (including phenoxy) is 3. The van der Waals surface area contributed by atoms with Gasteiger partial charge in [-0.25, -0.2) is 14.6 Å². The topological polar surface area (TPSA) is 104 Å². The molecule has 0 spiro atoms. The van der Waals surface area contributed by atoms with Crippen molar-refractivity contribution in [2.24, 2.45) is 0 Å². The first-order valence-corrected chi connectivity index (χ1v) is 13.6. The monoisotopic (exact) mass is 552 g/mol. The molecule has 0 fully saturated rings. The van der Waals surface area contributed by atoms with Crippen LogP contribution in [0.25, 0.3) is 0 Å². The third kappa shape index (κ3) is 9.83. The largest absolute Gasteiger partial charge is 0.465 e. The first-order chi connectivity index (χ1) is 18.5. The summed E-state index contributed by atoms with van der Waals surface area (Å²) in [6.45, 7) is 6.73. The van der Waals surface area contributed by atoms with E-state index >= 15 is 0 Å². The van der Waals surface area contributed by atoms with Crippen LogP contribution in [-0.4, -0.2) is 47.9 Å². The first kappa shape index (κ1) is 29.8. The minimum atomic E-state index is -0.700. The summed E-state index contributed by atoms with van der Waals surface area (Å²) in [7, 11) is 1.33. The molecule has 0 saturated heterocycles. The van der Waals surface area contributed by atoms with Gasteiger partial charge in [-0.15, -0.1) is 11.3 Å². The number of rotatable bonds is 11. The van der Waals surface area contributed by atoms with Crippen molar-refractivity contribution in [3.63, 3.8) is 0 Å². The second-order valence-electron chi connectivity index (χ2n) is 10.3. The Morgan fingerprint density at radius 2 is 1.54 bits per heavy atom. The number of thiazole rings is 1. The number of nitrogens with zero attached hydrogens (tertiary/aromatic N) is 1. The number of nitrogens with one attached hydrogen (secondary N) is 1. The van der Waals surface area contributed by atoms with E-state index in [1.54, 1.807) is 20.8 Å². The summed E-state index contributed by atoms with van der Waals surface area (Å²) in [5.74, 6) is -1.13. The van der Waals surface area contributed by atoms with Crippen molar-refractivity contribution in [2.45, 2.75) is 70.6 Å². The molecule has 1 amide bonds. The number of methoxy groups -OCH3 is 1. The smallest absolute Gasteiger partial charge is 0.408 e. The molecule has 1 N–H and O–H groups in total. The Morgan fingerprint density at radius 3 is 2.08 bits per heavy atom. The lowest BCUT2D eigenvalue weighted by Crippen LogP contribution is -2.48. The van der Waals surface area contributed by atoms with E-state index in [0.717, 1.165) is 11.1 Å². The molecule has 0 radical (unpaired) electrons. The van der Waals surface area contributed by atoms with Crippen molar-refractivity contribution in [3.8, 4) is 0 Å². The Balaban J connectivity index is 1.97. The third-order valence-electron chi connectivity index (χ3n) is 5.87. The van der Waals surface area contributed by atoms with Crippen molar-refractivity contribution in [1.29, 1.82) is 0 Å². The van der Waals surface area contributed by atoms with Crippen LogP contribution >= 0.6 is 11.3 Å². The van der Waals surface area contributed by atoms with Crippen LogP contribution in [0.5, 0.6) is 0 Å². The van der Waals surface area contributed by atoms with Crippen LogP contribution in [0.15, 0.2) is 66.9 Å². The summed E-state index contributed by atoms with van der Waals surface area (Å²) in [6.07, 6.45) is 1.58. The molecular weight excluding hydrogens is 516 g/mol. The van der Waals surface area contributed by atoms with Gasteiger partial charge in [0.1, 0.15) is 16.6 Å². The Kier molecular flexibility index (Phi) is 10.6. The van der Waals surface area contributed by atoms with Crippen LogP contribution in [0.3, 0.4) is 0 Å².